The lowest BCUT2D eigenvalue weighted by atomic mass is 10.0. The number of esters is 3. The standard InChI is InChI=1S/C75H118O6/c1-4-7-10-13-16-18-20-22-24-26-28-30-32-33-34-35-36-37-38-39-40-41-43-44-46-48-50-52-54-56-59-62-65-68-74(77)80-71-72(70-79-73(76)67-64-61-58-15-12-9-6-3)81-75(78)69-66-63-60-57-55-53-51-49-47-45-42-31-29-27-25-23-21-19-17-14-11-8-5-2/h7-8,10-11,16-19,22-25,28-31,33-34,36-37,39-40,45,47,51,53,57,60,72H,4-6,9,12-15,20-21,26-27,32,35,38,41-44,46,48-50,52,54-56,58-59,61-71H2,1-3H3/b10-7-,11-8-,18-16-,19-17-,24-22-,25-23-,30-28-,31-29-,34-33-,37-36-,40-39-,47-45-,53-51-,60-57-. The molecule has 0 aromatic rings. The summed E-state index contributed by atoms with van der Waals surface area (Å²) >= 11 is 0. The molecule has 0 heterocycles. The zero-order valence-electron chi connectivity index (χ0n) is 52.0. The van der Waals surface area contributed by atoms with Crippen molar-refractivity contribution in [2.24, 2.45) is 0 Å². The number of hydrogen-bond donors (Lipinski definition) is 0. The summed E-state index contributed by atoms with van der Waals surface area (Å²) in [4.78, 5) is 38.1. The molecule has 0 fully saturated rings. The first-order valence-electron chi connectivity index (χ1n) is 32.6. The molecule has 6 nitrogen and oxygen atoms in total. The van der Waals surface area contributed by atoms with Gasteiger partial charge in [0.25, 0.3) is 0 Å². The maximum Gasteiger partial charge on any atom is 0.306 e. The molecule has 454 valence electrons. The third-order valence-electron chi connectivity index (χ3n) is 13.2. The molecule has 0 aliphatic heterocycles. The lowest BCUT2D eigenvalue weighted by Crippen LogP contribution is -2.30. The smallest absolute Gasteiger partial charge is 0.306 e. The summed E-state index contributed by atoms with van der Waals surface area (Å²) in [6.07, 6.45) is 99.7. The van der Waals surface area contributed by atoms with E-state index < -0.39 is 6.10 Å². The van der Waals surface area contributed by atoms with Crippen LogP contribution in [0.25, 0.3) is 0 Å². The lowest BCUT2D eigenvalue weighted by molar-refractivity contribution is -0.167. The Morgan fingerprint density at radius 2 is 0.494 bits per heavy atom. The highest BCUT2D eigenvalue weighted by Gasteiger charge is 2.19. The molecule has 1 unspecified atom stereocenters. The van der Waals surface area contributed by atoms with Crippen LogP contribution in [0.1, 0.15) is 265 Å². The Hall–Kier alpha value is -5.23. The minimum absolute atomic E-state index is 0.107. The van der Waals surface area contributed by atoms with E-state index in [0.29, 0.717) is 19.3 Å². The number of hydrogen-bond acceptors (Lipinski definition) is 6. The van der Waals surface area contributed by atoms with E-state index in [2.05, 4.69) is 191 Å². The van der Waals surface area contributed by atoms with Crippen molar-refractivity contribution in [3.05, 3.63) is 170 Å². The zero-order chi connectivity index (χ0) is 58.5. The van der Waals surface area contributed by atoms with E-state index in [1.807, 2.05) is 0 Å². The van der Waals surface area contributed by atoms with Crippen molar-refractivity contribution in [2.75, 3.05) is 13.2 Å². The summed E-state index contributed by atoms with van der Waals surface area (Å²) in [6.45, 7) is 6.31. The van der Waals surface area contributed by atoms with Gasteiger partial charge in [0.15, 0.2) is 6.10 Å². The molecule has 0 saturated heterocycles. The Labute approximate surface area is 498 Å². The van der Waals surface area contributed by atoms with Crippen molar-refractivity contribution in [3.63, 3.8) is 0 Å². The second-order valence-corrected chi connectivity index (χ2v) is 20.9. The van der Waals surface area contributed by atoms with Crippen LogP contribution >= 0.6 is 0 Å². The monoisotopic (exact) mass is 1110 g/mol. The van der Waals surface area contributed by atoms with Crippen LogP contribution in [0, 0.1) is 0 Å². The van der Waals surface area contributed by atoms with Crippen LogP contribution in [0.4, 0.5) is 0 Å². The summed E-state index contributed by atoms with van der Waals surface area (Å²) in [6, 6.07) is 0. The maximum absolute atomic E-state index is 12.8. The van der Waals surface area contributed by atoms with Gasteiger partial charge < -0.3 is 14.2 Å². The van der Waals surface area contributed by atoms with E-state index in [0.717, 1.165) is 135 Å². The van der Waals surface area contributed by atoms with Crippen LogP contribution < -0.4 is 0 Å². The van der Waals surface area contributed by atoms with Crippen LogP contribution in [0.2, 0.25) is 0 Å². The highest BCUT2D eigenvalue weighted by Crippen LogP contribution is 2.15. The molecular weight excluding hydrogens is 997 g/mol. The van der Waals surface area contributed by atoms with Gasteiger partial charge in [-0.1, -0.05) is 287 Å². The third kappa shape index (κ3) is 65.5. The fraction of sp³-hybridized carbons (Fsp3) is 0.587. The van der Waals surface area contributed by atoms with Crippen LogP contribution in [0.5, 0.6) is 0 Å². The Morgan fingerprint density at radius 3 is 0.790 bits per heavy atom. The maximum atomic E-state index is 12.8. The Morgan fingerprint density at radius 1 is 0.259 bits per heavy atom. The molecule has 0 aromatic heterocycles. The molecule has 0 rings (SSSR count). The molecule has 0 aliphatic carbocycles. The van der Waals surface area contributed by atoms with Gasteiger partial charge in [-0.15, -0.1) is 0 Å². The molecule has 81 heavy (non-hydrogen) atoms. The van der Waals surface area contributed by atoms with Gasteiger partial charge in [0, 0.05) is 19.3 Å². The molecule has 0 bridgehead atoms. The number of ether oxygens (including phenoxy) is 3. The molecule has 0 aromatic carbocycles. The van der Waals surface area contributed by atoms with E-state index in [4.69, 9.17) is 14.2 Å². The fourth-order valence-electron chi connectivity index (χ4n) is 8.41. The van der Waals surface area contributed by atoms with Crippen molar-refractivity contribution in [2.45, 2.75) is 271 Å². The minimum atomic E-state index is -0.815. The van der Waals surface area contributed by atoms with Crippen molar-refractivity contribution in [3.8, 4) is 0 Å². The van der Waals surface area contributed by atoms with Gasteiger partial charge >= 0.3 is 17.9 Å². The highest BCUT2D eigenvalue weighted by molar-refractivity contribution is 5.71. The fourth-order valence-corrected chi connectivity index (χ4v) is 8.41. The van der Waals surface area contributed by atoms with E-state index in [-0.39, 0.29) is 37.5 Å². The van der Waals surface area contributed by atoms with Crippen LogP contribution in [0.15, 0.2) is 170 Å². The summed E-state index contributed by atoms with van der Waals surface area (Å²) in [7, 11) is 0. The van der Waals surface area contributed by atoms with Crippen molar-refractivity contribution in [1.29, 1.82) is 0 Å². The average molecular weight is 1120 g/mol. The first-order chi connectivity index (χ1) is 40.0. The van der Waals surface area contributed by atoms with Gasteiger partial charge in [-0.25, -0.2) is 0 Å². The Balaban J connectivity index is 4.23. The Bertz CT molecular complexity index is 1860. The zero-order valence-corrected chi connectivity index (χ0v) is 52.0. The number of rotatable bonds is 57. The number of unbranched alkanes of at least 4 members (excludes halogenated alkanes) is 18. The van der Waals surface area contributed by atoms with Gasteiger partial charge in [-0.05, 0) is 128 Å². The quantitative estimate of drug-likeness (QED) is 0.0261. The van der Waals surface area contributed by atoms with E-state index >= 15 is 0 Å². The second-order valence-electron chi connectivity index (χ2n) is 20.9. The predicted molar refractivity (Wildman–Crippen MR) is 352 cm³/mol. The van der Waals surface area contributed by atoms with Crippen molar-refractivity contribution in [1.82, 2.24) is 0 Å². The molecule has 6 heteroatoms. The number of carbonyl (C=O) groups is 3. The van der Waals surface area contributed by atoms with E-state index in [9.17, 15) is 14.4 Å². The predicted octanol–water partition coefficient (Wildman–Crippen LogP) is 22.7. The molecule has 0 saturated carbocycles. The molecule has 1 atom stereocenters. The third-order valence-corrected chi connectivity index (χ3v) is 13.2. The lowest BCUT2D eigenvalue weighted by Gasteiger charge is -2.18. The van der Waals surface area contributed by atoms with E-state index in [1.54, 1.807) is 0 Å². The largest absolute Gasteiger partial charge is 0.462 e. The minimum Gasteiger partial charge on any atom is -0.462 e. The van der Waals surface area contributed by atoms with Gasteiger partial charge in [0.05, 0.1) is 0 Å². The van der Waals surface area contributed by atoms with Gasteiger partial charge in [0.2, 0.25) is 0 Å². The highest BCUT2D eigenvalue weighted by atomic mass is 16.6. The molecule has 0 aliphatic rings. The Kier molecular flexibility index (Phi) is 62.9. The first kappa shape index (κ1) is 75.8. The number of allylic oxidation sites excluding steroid dienone is 28. The van der Waals surface area contributed by atoms with Crippen LogP contribution in [-0.2, 0) is 28.6 Å². The average Bonchev–Trinajstić information content (AvgIpc) is 3.47. The molecular formula is C75H118O6. The van der Waals surface area contributed by atoms with Crippen LogP contribution in [0.3, 0.4) is 0 Å². The summed E-state index contributed by atoms with van der Waals surface area (Å²) in [5, 5.41) is 0. The summed E-state index contributed by atoms with van der Waals surface area (Å²) in [5.41, 5.74) is 0. The first-order valence-corrected chi connectivity index (χ1v) is 32.6. The molecule has 0 radical (unpaired) electrons. The van der Waals surface area contributed by atoms with Crippen molar-refractivity contribution >= 4 is 17.9 Å². The number of carbonyl (C=O) groups excluding carboxylic acids is 3. The topological polar surface area (TPSA) is 78.9 Å². The van der Waals surface area contributed by atoms with Gasteiger partial charge in [0.1, 0.15) is 13.2 Å². The summed E-state index contributed by atoms with van der Waals surface area (Å²) < 4.78 is 16.8. The molecule has 0 amide bonds. The summed E-state index contributed by atoms with van der Waals surface area (Å²) in [5.74, 6) is -0.982. The SMILES string of the molecule is CC/C=C\C/C=C\C/C=C\C/C=C\C/C=C\C/C=C\C/C=C\CCCCCCCCCCCCCC(=O)OCC(COC(=O)CCCCCCCCC)OC(=O)CCC/C=C\C/C=C\C/C=C\C/C=C\C/C=C\C/C=C\C/C=C\CC. The van der Waals surface area contributed by atoms with E-state index in [1.165, 1.54) is 83.5 Å². The van der Waals surface area contributed by atoms with Gasteiger partial charge in [-0.3, -0.25) is 14.4 Å². The second kappa shape index (κ2) is 67.3. The van der Waals surface area contributed by atoms with Crippen molar-refractivity contribution < 1.29 is 28.6 Å². The normalized spacial score (nSPS) is 13.3. The molecule has 0 N–H and O–H groups in total. The van der Waals surface area contributed by atoms with Crippen LogP contribution in [-0.4, -0.2) is 37.2 Å². The van der Waals surface area contributed by atoms with Gasteiger partial charge in [-0.2, -0.15) is 0 Å². The molecule has 0 spiro atoms.